The summed E-state index contributed by atoms with van der Waals surface area (Å²) in [5.41, 5.74) is 5.38. The number of nitrogens with two attached hydrogens (primary N) is 1. The third kappa shape index (κ3) is 40.9. The maximum Gasteiger partial charge on any atom is 0.472 e. The van der Waals surface area contributed by atoms with Gasteiger partial charge in [-0.15, -0.1) is 0 Å². The molecule has 0 fully saturated rings. The highest BCUT2D eigenvalue weighted by molar-refractivity contribution is 7.47. The molecule has 8 nitrogen and oxygen atoms in total. The van der Waals surface area contributed by atoms with Crippen LogP contribution in [0.25, 0.3) is 0 Å². The van der Waals surface area contributed by atoms with Gasteiger partial charge in [0.2, 0.25) is 5.91 Å². The zero-order valence-electron chi connectivity index (χ0n) is 36.6. The predicted octanol–water partition coefficient (Wildman–Crippen LogP) is 13.5. The number of phosphoric acid groups is 1. The van der Waals surface area contributed by atoms with Gasteiger partial charge in [0.05, 0.1) is 25.4 Å². The molecule has 5 N–H and O–H groups in total. The summed E-state index contributed by atoms with van der Waals surface area (Å²) in [7, 11) is -4.35. The smallest absolute Gasteiger partial charge is 0.387 e. The van der Waals surface area contributed by atoms with Gasteiger partial charge in [0.1, 0.15) is 0 Å². The van der Waals surface area contributed by atoms with Crippen LogP contribution in [0.3, 0.4) is 0 Å². The Hall–Kier alpha value is -1.28. The molecule has 1 amide bonds. The van der Waals surface area contributed by atoms with Gasteiger partial charge in [-0.3, -0.25) is 13.8 Å². The molecule has 0 saturated carbocycles. The molecule has 0 aliphatic carbocycles. The van der Waals surface area contributed by atoms with E-state index in [4.69, 9.17) is 14.8 Å². The Bertz CT molecular complexity index is 974. The highest BCUT2D eigenvalue weighted by Crippen LogP contribution is 2.43. The first-order valence-electron chi connectivity index (χ1n) is 23.6. The fourth-order valence-corrected chi connectivity index (χ4v) is 7.61. The van der Waals surface area contributed by atoms with Gasteiger partial charge in [-0.05, 0) is 57.8 Å². The SMILES string of the molecule is CCCCCCCCCC/C=C\CCCCCCCCCCCC(=O)NC(COP(=O)(O)OCCN)C(O)/C=C/CC/C=C/CCCCCCCCCCCC. The number of allylic oxidation sites excluding steroid dienone is 5. The van der Waals surface area contributed by atoms with Crippen LogP contribution in [-0.4, -0.2) is 47.8 Å². The quantitative estimate of drug-likeness (QED) is 0.0274. The Balaban J connectivity index is 4.17. The number of carbonyl (C=O) groups excluding carboxylic acids is 1. The van der Waals surface area contributed by atoms with E-state index < -0.39 is 20.0 Å². The van der Waals surface area contributed by atoms with E-state index in [1.54, 1.807) is 6.08 Å². The van der Waals surface area contributed by atoms with Gasteiger partial charge in [-0.25, -0.2) is 4.57 Å². The number of rotatable bonds is 44. The second-order valence-corrected chi connectivity index (χ2v) is 17.4. The normalized spacial score (nSPS) is 14.3. The van der Waals surface area contributed by atoms with E-state index in [0.29, 0.717) is 6.42 Å². The number of aliphatic hydroxyl groups is 1. The number of hydrogen-bond donors (Lipinski definition) is 4. The fraction of sp³-hybridized carbons (Fsp3) is 0.851. The highest BCUT2D eigenvalue weighted by atomic mass is 31.2. The zero-order chi connectivity index (χ0) is 41.1. The van der Waals surface area contributed by atoms with Crippen LogP contribution in [0.5, 0.6) is 0 Å². The summed E-state index contributed by atoms with van der Waals surface area (Å²) in [6, 6.07) is -0.877. The van der Waals surface area contributed by atoms with E-state index in [1.165, 1.54) is 167 Å². The first-order chi connectivity index (χ1) is 27.4. The van der Waals surface area contributed by atoms with E-state index in [-0.39, 0.29) is 25.7 Å². The van der Waals surface area contributed by atoms with E-state index in [9.17, 15) is 19.4 Å². The summed E-state index contributed by atoms with van der Waals surface area (Å²) in [6.07, 6.45) is 52.0. The minimum absolute atomic E-state index is 0.0739. The number of aliphatic hydroxyl groups excluding tert-OH is 1. The second kappa shape index (κ2) is 43.3. The Morgan fingerprint density at radius 1 is 0.571 bits per heavy atom. The molecule has 56 heavy (non-hydrogen) atoms. The maximum absolute atomic E-state index is 12.8. The van der Waals surface area contributed by atoms with Gasteiger partial charge in [-0.2, -0.15) is 0 Å². The summed E-state index contributed by atoms with van der Waals surface area (Å²) in [6.45, 7) is 4.12. The molecule has 0 aromatic rings. The van der Waals surface area contributed by atoms with Gasteiger partial charge < -0.3 is 21.1 Å². The number of phosphoric ester groups is 1. The van der Waals surface area contributed by atoms with Gasteiger partial charge >= 0.3 is 7.82 Å². The predicted molar refractivity (Wildman–Crippen MR) is 240 cm³/mol. The molecule has 0 aromatic carbocycles. The monoisotopic (exact) mass is 811 g/mol. The van der Waals surface area contributed by atoms with Crippen LogP contribution in [-0.2, 0) is 18.4 Å². The van der Waals surface area contributed by atoms with Crippen molar-refractivity contribution >= 4 is 13.7 Å². The molecule has 0 radical (unpaired) electrons. The lowest BCUT2D eigenvalue weighted by Gasteiger charge is -2.23. The molecule has 0 spiro atoms. The number of carbonyl (C=O) groups is 1. The standard InChI is InChI=1S/C47H91N2O6P/c1-3-5-7-9-11-13-15-17-19-21-22-23-24-25-27-29-31-33-35-37-39-41-47(51)49-45(44-55-56(52,53)54-43-42-48)46(50)40-38-36-34-32-30-28-26-20-18-16-14-12-10-8-6-4-2/h21-22,30,32,38,40,45-46,50H,3-20,23-29,31,33-37,39,41-44,48H2,1-2H3,(H,49,51)(H,52,53)/b22-21-,32-30+,40-38+. The first-order valence-corrected chi connectivity index (χ1v) is 25.1. The van der Waals surface area contributed by atoms with Crippen LogP contribution >= 0.6 is 7.82 Å². The average molecular weight is 811 g/mol. The van der Waals surface area contributed by atoms with Gasteiger partial charge in [0.15, 0.2) is 0 Å². The molecule has 0 aliphatic heterocycles. The topological polar surface area (TPSA) is 131 Å². The third-order valence-corrected chi connectivity index (χ3v) is 11.4. The van der Waals surface area contributed by atoms with Crippen molar-refractivity contribution in [2.45, 2.75) is 238 Å². The van der Waals surface area contributed by atoms with Crippen LogP contribution in [0.2, 0.25) is 0 Å². The molecule has 0 aromatic heterocycles. The van der Waals surface area contributed by atoms with Crippen LogP contribution in [0.1, 0.15) is 226 Å². The molecule has 0 saturated heterocycles. The molecule has 0 bridgehead atoms. The van der Waals surface area contributed by atoms with Crippen molar-refractivity contribution in [1.82, 2.24) is 5.32 Å². The number of hydrogen-bond acceptors (Lipinski definition) is 6. The van der Waals surface area contributed by atoms with E-state index in [1.807, 2.05) is 6.08 Å². The minimum atomic E-state index is -4.35. The zero-order valence-corrected chi connectivity index (χ0v) is 37.5. The Labute approximate surface area is 346 Å². The van der Waals surface area contributed by atoms with Crippen LogP contribution < -0.4 is 11.1 Å². The summed E-state index contributed by atoms with van der Waals surface area (Å²) in [5, 5.41) is 13.7. The van der Waals surface area contributed by atoms with Gasteiger partial charge in [-0.1, -0.05) is 198 Å². The van der Waals surface area contributed by atoms with Crippen molar-refractivity contribution in [2.24, 2.45) is 5.73 Å². The molecule has 3 atom stereocenters. The molecule has 9 heteroatoms. The molecule has 0 rings (SSSR count). The molecule has 0 aliphatic rings. The van der Waals surface area contributed by atoms with Crippen molar-refractivity contribution in [3.05, 3.63) is 36.5 Å². The van der Waals surface area contributed by atoms with E-state index in [0.717, 1.165) is 38.5 Å². The van der Waals surface area contributed by atoms with Crippen molar-refractivity contribution in [2.75, 3.05) is 19.8 Å². The van der Waals surface area contributed by atoms with Crippen molar-refractivity contribution in [1.29, 1.82) is 0 Å². The summed E-state index contributed by atoms with van der Waals surface area (Å²) < 4.78 is 22.1. The molecule has 330 valence electrons. The maximum atomic E-state index is 12.8. The van der Waals surface area contributed by atoms with E-state index >= 15 is 0 Å². The van der Waals surface area contributed by atoms with Gasteiger partial charge in [0, 0.05) is 13.0 Å². The molecule has 0 heterocycles. The first kappa shape index (κ1) is 54.7. The summed E-state index contributed by atoms with van der Waals surface area (Å²) in [5.74, 6) is -0.205. The lowest BCUT2D eigenvalue weighted by Crippen LogP contribution is -2.45. The Morgan fingerprint density at radius 2 is 0.946 bits per heavy atom. The lowest BCUT2D eigenvalue weighted by atomic mass is 10.0. The average Bonchev–Trinajstić information content (AvgIpc) is 3.19. The Morgan fingerprint density at radius 3 is 1.38 bits per heavy atom. The number of nitrogens with one attached hydrogen (secondary N) is 1. The largest absolute Gasteiger partial charge is 0.472 e. The molecular weight excluding hydrogens is 719 g/mol. The molecular formula is C47H91N2O6P. The second-order valence-electron chi connectivity index (χ2n) is 16.0. The lowest BCUT2D eigenvalue weighted by molar-refractivity contribution is -0.123. The van der Waals surface area contributed by atoms with Crippen LogP contribution in [0, 0.1) is 0 Å². The Kier molecular flexibility index (Phi) is 42.3. The molecule has 3 unspecified atom stereocenters. The highest BCUT2D eigenvalue weighted by Gasteiger charge is 2.26. The van der Waals surface area contributed by atoms with Crippen LogP contribution in [0.15, 0.2) is 36.5 Å². The van der Waals surface area contributed by atoms with Gasteiger partial charge in [0.25, 0.3) is 0 Å². The minimum Gasteiger partial charge on any atom is -0.387 e. The summed E-state index contributed by atoms with van der Waals surface area (Å²) >= 11 is 0. The summed E-state index contributed by atoms with van der Waals surface area (Å²) in [4.78, 5) is 22.7. The number of amides is 1. The third-order valence-electron chi connectivity index (χ3n) is 10.4. The van der Waals surface area contributed by atoms with Crippen molar-refractivity contribution < 1.29 is 28.4 Å². The van der Waals surface area contributed by atoms with Crippen molar-refractivity contribution in [3.63, 3.8) is 0 Å². The van der Waals surface area contributed by atoms with E-state index in [2.05, 4.69) is 43.5 Å². The van der Waals surface area contributed by atoms with Crippen molar-refractivity contribution in [3.8, 4) is 0 Å². The van der Waals surface area contributed by atoms with Crippen LogP contribution in [0.4, 0.5) is 0 Å². The number of unbranched alkanes of at least 4 members (excludes halogenated alkanes) is 28. The fourth-order valence-electron chi connectivity index (χ4n) is 6.85.